The van der Waals surface area contributed by atoms with Gasteiger partial charge in [0.25, 0.3) is 0 Å². The number of hydrogen-bond acceptors (Lipinski definition) is 5. The number of nitrogens with zero attached hydrogens (tertiary/aromatic N) is 3. The number of ether oxygens (including phenoxy) is 2. The lowest BCUT2D eigenvalue weighted by molar-refractivity contribution is 0.157. The van der Waals surface area contributed by atoms with E-state index in [-0.39, 0.29) is 6.17 Å². The van der Waals surface area contributed by atoms with Crippen LogP contribution >= 0.6 is 0 Å². The molecule has 6 nitrogen and oxygen atoms in total. The Morgan fingerprint density at radius 3 is 2.48 bits per heavy atom. The summed E-state index contributed by atoms with van der Waals surface area (Å²) in [5, 5.41) is 3.47. The SMILES string of the molecule is COc1cc(OC)cc(-c2cn3c(n2)NC(N2CCC2)C=C3)c1. The fourth-order valence-electron chi connectivity index (χ4n) is 2.89. The van der Waals surface area contributed by atoms with E-state index in [0.29, 0.717) is 0 Å². The van der Waals surface area contributed by atoms with Crippen molar-refractivity contribution < 1.29 is 9.47 Å². The Balaban J connectivity index is 1.64. The van der Waals surface area contributed by atoms with E-state index in [2.05, 4.69) is 22.5 Å². The molecule has 2 aliphatic rings. The van der Waals surface area contributed by atoms with Crippen LogP contribution in [0, 0.1) is 0 Å². The molecule has 0 aliphatic carbocycles. The van der Waals surface area contributed by atoms with Crippen molar-refractivity contribution in [2.45, 2.75) is 12.6 Å². The van der Waals surface area contributed by atoms with E-state index in [0.717, 1.165) is 41.8 Å². The van der Waals surface area contributed by atoms with Crippen LogP contribution < -0.4 is 14.8 Å². The lowest BCUT2D eigenvalue weighted by Crippen LogP contribution is -2.49. The molecule has 23 heavy (non-hydrogen) atoms. The highest BCUT2D eigenvalue weighted by Crippen LogP contribution is 2.31. The van der Waals surface area contributed by atoms with Crippen LogP contribution in [0.3, 0.4) is 0 Å². The largest absolute Gasteiger partial charge is 0.497 e. The van der Waals surface area contributed by atoms with Gasteiger partial charge in [0.1, 0.15) is 17.7 Å². The summed E-state index contributed by atoms with van der Waals surface area (Å²) < 4.78 is 12.7. The number of nitrogens with one attached hydrogen (secondary N) is 1. The summed E-state index contributed by atoms with van der Waals surface area (Å²) in [6.45, 7) is 2.28. The molecule has 0 saturated carbocycles. The molecule has 6 heteroatoms. The van der Waals surface area contributed by atoms with Crippen molar-refractivity contribution >= 4 is 12.1 Å². The normalized spacial score (nSPS) is 19.7. The molecule has 1 aromatic heterocycles. The van der Waals surface area contributed by atoms with Crippen molar-refractivity contribution in [3.63, 3.8) is 0 Å². The van der Waals surface area contributed by atoms with Crippen molar-refractivity contribution in [2.24, 2.45) is 0 Å². The molecule has 4 rings (SSSR count). The second-order valence-electron chi connectivity index (χ2n) is 5.78. The minimum atomic E-state index is 0.242. The topological polar surface area (TPSA) is 51.6 Å². The number of fused-ring (bicyclic) bond motifs is 1. The molecule has 3 heterocycles. The number of likely N-dealkylation sites (tertiary alicyclic amines) is 1. The quantitative estimate of drug-likeness (QED) is 0.940. The summed E-state index contributed by atoms with van der Waals surface area (Å²) in [5.74, 6) is 2.38. The first-order valence-electron chi connectivity index (χ1n) is 7.78. The van der Waals surface area contributed by atoms with Crippen LogP contribution in [0.4, 0.5) is 5.95 Å². The molecule has 0 amide bonds. The van der Waals surface area contributed by atoms with Gasteiger partial charge in [-0.05, 0) is 24.6 Å². The summed E-state index contributed by atoms with van der Waals surface area (Å²) in [4.78, 5) is 7.12. The minimum Gasteiger partial charge on any atom is -0.497 e. The molecule has 2 aromatic rings. The number of hydrogen-bond donors (Lipinski definition) is 1. The van der Waals surface area contributed by atoms with Crippen LogP contribution in [-0.4, -0.2) is 47.9 Å². The highest BCUT2D eigenvalue weighted by molar-refractivity contribution is 5.67. The third-order valence-corrected chi connectivity index (χ3v) is 4.37. The number of anilines is 1. The first kappa shape index (κ1) is 14.1. The monoisotopic (exact) mass is 312 g/mol. The van der Waals surface area contributed by atoms with Crippen molar-refractivity contribution in [3.8, 4) is 22.8 Å². The molecular formula is C17H20N4O2. The Labute approximate surface area is 135 Å². The van der Waals surface area contributed by atoms with Gasteiger partial charge in [0.15, 0.2) is 0 Å². The summed E-state index contributed by atoms with van der Waals surface area (Å²) in [5.41, 5.74) is 1.86. The third-order valence-electron chi connectivity index (χ3n) is 4.37. The predicted molar refractivity (Wildman–Crippen MR) is 89.7 cm³/mol. The van der Waals surface area contributed by atoms with Crippen LogP contribution in [0.1, 0.15) is 6.42 Å². The molecule has 1 saturated heterocycles. The Kier molecular flexibility index (Phi) is 3.46. The van der Waals surface area contributed by atoms with Crippen LogP contribution in [0.15, 0.2) is 30.5 Å². The Morgan fingerprint density at radius 2 is 1.87 bits per heavy atom. The van der Waals surface area contributed by atoms with Gasteiger partial charge in [-0.1, -0.05) is 0 Å². The minimum absolute atomic E-state index is 0.242. The Morgan fingerprint density at radius 1 is 1.13 bits per heavy atom. The van der Waals surface area contributed by atoms with Gasteiger partial charge in [0.05, 0.1) is 19.9 Å². The van der Waals surface area contributed by atoms with Gasteiger partial charge in [-0.2, -0.15) is 0 Å². The van der Waals surface area contributed by atoms with E-state index < -0.39 is 0 Å². The fraction of sp³-hybridized carbons (Fsp3) is 0.353. The lowest BCUT2D eigenvalue weighted by Gasteiger charge is -2.38. The second-order valence-corrected chi connectivity index (χ2v) is 5.78. The van der Waals surface area contributed by atoms with Crippen molar-refractivity contribution in [3.05, 3.63) is 30.5 Å². The van der Waals surface area contributed by atoms with Crippen LogP contribution in [0.5, 0.6) is 11.5 Å². The van der Waals surface area contributed by atoms with Crippen molar-refractivity contribution in [1.82, 2.24) is 14.5 Å². The Hall–Kier alpha value is -2.47. The van der Waals surface area contributed by atoms with E-state index in [9.17, 15) is 0 Å². The number of benzene rings is 1. The molecule has 2 aliphatic heterocycles. The van der Waals surface area contributed by atoms with Gasteiger partial charge in [-0.3, -0.25) is 9.47 Å². The van der Waals surface area contributed by atoms with E-state index in [1.165, 1.54) is 6.42 Å². The predicted octanol–water partition coefficient (Wildman–Crippen LogP) is 2.50. The summed E-state index contributed by atoms with van der Waals surface area (Å²) in [6.07, 6.45) is 7.77. The smallest absolute Gasteiger partial charge is 0.209 e. The van der Waals surface area contributed by atoms with Crippen LogP contribution in [-0.2, 0) is 0 Å². The molecule has 120 valence electrons. The molecule has 0 bridgehead atoms. The molecule has 1 atom stereocenters. The van der Waals surface area contributed by atoms with Gasteiger partial charge in [-0.25, -0.2) is 4.98 Å². The van der Waals surface area contributed by atoms with E-state index in [4.69, 9.17) is 14.5 Å². The van der Waals surface area contributed by atoms with Gasteiger partial charge >= 0.3 is 0 Å². The molecular weight excluding hydrogens is 292 g/mol. The zero-order chi connectivity index (χ0) is 15.8. The third kappa shape index (κ3) is 2.55. The average molecular weight is 312 g/mol. The average Bonchev–Trinajstić information content (AvgIpc) is 2.96. The van der Waals surface area contributed by atoms with Crippen molar-refractivity contribution in [1.29, 1.82) is 0 Å². The number of rotatable bonds is 4. The summed E-state index contributed by atoms with van der Waals surface area (Å²) >= 11 is 0. The van der Waals surface area contributed by atoms with E-state index >= 15 is 0 Å². The van der Waals surface area contributed by atoms with Gasteiger partial charge in [0.2, 0.25) is 5.95 Å². The van der Waals surface area contributed by atoms with Crippen LogP contribution in [0.2, 0.25) is 0 Å². The highest BCUT2D eigenvalue weighted by atomic mass is 16.5. The van der Waals surface area contributed by atoms with Gasteiger partial charge < -0.3 is 14.8 Å². The first-order chi connectivity index (χ1) is 11.3. The molecule has 1 N–H and O–H groups in total. The standard InChI is InChI=1S/C17H20N4O2/c1-22-13-8-12(9-14(10-13)23-2)15-11-21-7-4-16(19-17(21)18-15)20-5-3-6-20/h4,7-11,16H,3,5-6H2,1-2H3,(H,18,19). The zero-order valence-electron chi connectivity index (χ0n) is 13.3. The maximum Gasteiger partial charge on any atom is 0.209 e. The maximum absolute atomic E-state index is 5.34. The number of imidazole rings is 1. The summed E-state index contributed by atoms with van der Waals surface area (Å²) in [7, 11) is 3.30. The highest BCUT2D eigenvalue weighted by Gasteiger charge is 2.25. The zero-order valence-corrected chi connectivity index (χ0v) is 13.3. The first-order valence-corrected chi connectivity index (χ1v) is 7.78. The van der Waals surface area contributed by atoms with Gasteiger partial charge in [0, 0.05) is 37.1 Å². The van der Waals surface area contributed by atoms with Gasteiger partial charge in [-0.15, -0.1) is 0 Å². The molecule has 0 spiro atoms. The molecule has 1 aromatic carbocycles. The number of aromatic nitrogens is 2. The van der Waals surface area contributed by atoms with E-state index in [1.807, 2.05) is 29.0 Å². The fourth-order valence-corrected chi connectivity index (χ4v) is 2.89. The van der Waals surface area contributed by atoms with Crippen molar-refractivity contribution in [2.75, 3.05) is 32.6 Å². The Bertz CT molecular complexity index is 727. The second kappa shape index (κ2) is 5.62. The van der Waals surface area contributed by atoms with Crippen LogP contribution in [0.25, 0.3) is 17.5 Å². The number of methoxy groups -OCH3 is 2. The molecule has 0 radical (unpaired) electrons. The molecule has 1 fully saturated rings. The summed E-state index contributed by atoms with van der Waals surface area (Å²) in [6, 6.07) is 5.79. The van der Waals surface area contributed by atoms with E-state index in [1.54, 1.807) is 14.2 Å². The lowest BCUT2D eigenvalue weighted by atomic mass is 10.1. The maximum atomic E-state index is 5.34. The molecule has 1 unspecified atom stereocenters.